The number of hydrogen-bond donors (Lipinski definition) is 1. The fourth-order valence-electron chi connectivity index (χ4n) is 10.4. The fourth-order valence-corrected chi connectivity index (χ4v) is 10.4. The van der Waals surface area contributed by atoms with Crippen molar-refractivity contribution < 1.29 is 33.7 Å². The minimum absolute atomic E-state index is 0. The Hall–Kier alpha value is -1.47. The molecule has 0 radical (unpaired) electrons. The van der Waals surface area contributed by atoms with Crippen molar-refractivity contribution in [3.05, 3.63) is 0 Å². The number of aliphatic hydroxyl groups is 1. The van der Waals surface area contributed by atoms with Crippen molar-refractivity contribution in [2.75, 3.05) is 13.2 Å². The summed E-state index contributed by atoms with van der Waals surface area (Å²) in [5.74, 6) is 1.10. The molecular weight excluding hydrogens is 508 g/mol. The molecule has 6 aliphatic rings. The number of esters is 3. The van der Waals surface area contributed by atoms with E-state index >= 15 is 0 Å². The molecule has 1 aliphatic heterocycles. The van der Waals surface area contributed by atoms with Crippen molar-refractivity contribution in [1.29, 1.82) is 0 Å². The van der Waals surface area contributed by atoms with E-state index in [1.165, 1.54) is 25.7 Å². The number of ether oxygens (including phenoxy) is 3. The van der Waals surface area contributed by atoms with Crippen LogP contribution in [0, 0.1) is 65.1 Å². The summed E-state index contributed by atoms with van der Waals surface area (Å²) in [6.07, 6.45) is 8.31. The van der Waals surface area contributed by atoms with Crippen molar-refractivity contribution in [3.8, 4) is 0 Å². The van der Waals surface area contributed by atoms with E-state index < -0.39 is 29.9 Å². The Morgan fingerprint density at radius 3 is 2.38 bits per heavy atom. The van der Waals surface area contributed by atoms with Crippen LogP contribution >= 0.6 is 0 Å². The van der Waals surface area contributed by atoms with Crippen LogP contribution in [0.1, 0.15) is 102 Å². The molecular formula is C33H58O7. The summed E-state index contributed by atoms with van der Waals surface area (Å²) in [7, 11) is 0. The van der Waals surface area contributed by atoms with Gasteiger partial charge in [-0.05, 0) is 93.3 Å². The van der Waals surface area contributed by atoms with Crippen molar-refractivity contribution in [2.24, 2.45) is 65.1 Å². The lowest BCUT2D eigenvalue weighted by Crippen LogP contribution is -2.47. The Balaban J connectivity index is 0.00000140. The maximum atomic E-state index is 13.7. The number of carbonyl (C=O) groups excluding carboxylic acids is 3. The molecule has 13 unspecified atom stereocenters. The van der Waals surface area contributed by atoms with Gasteiger partial charge in [-0.2, -0.15) is 0 Å². The highest BCUT2D eigenvalue weighted by molar-refractivity contribution is 5.97. The average Bonchev–Trinajstić information content (AvgIpc) is 3.66. The van der Waals surface area contributed by atoms with E-state index in [2.05, 4.69) is 13.8 Å². The van der Waals surface area contributed by atoms with Gasteiger partial charge in [-0.3, -0.25) is 14.4 Å². The molecule has 1 N–H and O–H groups in total. The van der Waals surface area contributed by atoms with Crippen LogP contribution in [0.15, 0.2) is 0 Å². The zero-order valence-electron chi connectivity index (χ0n) is 21.9. The van der Waals surface area contributed by atoms with Crippen LogP contribution in [0.5, 0.6) is 0 Å². The largest absolute Gasteiger partial charge is 0.459 e. The normalized spacial score (nSPS) is 44.5. The topological polar surface area (TPSA) is 99.1 Å². The van der Waals surface area contributed by atoms with E-state index in [1.54, 1.807) is 6.92 Å². The van der Waals surface area contributed by atoms with Crippen molar-refractivity contribution in [3.63, 3.8) is 0 Å². The van der Waals surface area contributed by atoms with Crippen molar-refractivity contribution >= 4 is 17.9 Å². The van der Waals surface area contributed by atoms with E-state index in [1.807, 2.05) is 0 Å². The lowest BCUT2D eigenvalue weighted by molar-refractivity contribution is -0.178. The molecule has 7 heteroatoms. The van der Waals surface area contributed by atoms with E-state index in [9.17, 15) is 14.4 Å². The zero-order chi connectivity index (χ0) is 25.4. The maximum Gasteiger partial charge on any atom is 0.320 e. The van der Waals surface area contributed by atoms with Crippen LogP contribution in [0.25, 0.3) is 0 Å². The molecule has 0 amide bonds. The zero-order valence-corrected chi connectivity index (χ0v) is 21.9. The third-order valence-electron chi connectivity index (χ3n) is 11.8. The minimum atomic E-state index is -0.655. The molecule has 4 bridgehead atoms. The van der Waals surface area contributed by atoms with Gasteiger partial charge in [-0.25, -0.2) is 0 Å². The van der Waals surface area contributed by atoms with Gasteiger partial charge in [0.15, 0.2) is 0 Å². The van der Waals surface area contributed by atoms with Crippen molar-refractivity contribution in [1.82, 2.24) is 0 Å². The molecule has 1 saturated heterocycles. The van der Waals surface area contributed by atoms with Gasteiger partial charge in [0.1, 0.15) is 5.60 Å². The Bertz CT molecular complexity index is 916. The van der Waals surface area contributed by atoms with Gasteiger partial charge in [0, 0.05) is 5.92 Å². The molecule has 6 fully saturated rings. The third-order valence-corrected chi connectivity index (χ3v) is 11.8. The predicted molar refractivity (Wildman–Crippen MR) is 156 cm³/mol. The van der Waals surface area contributed by atoms with Crippen LogP contribution in [-0.2, 0) is 28.6 Å². The molecule has 0 spiro atoms. The lowest BCUT2D eigenvalue weighted by atomic mass is 9.66. The van der Waals surface area contributed by atoms with Gasteiger partial charge < -0.3 is 19.3 Å². The molecule has 5 saturated carbocycles. The Morgan fingerprint density at radius 1 is 1.02 bits per heavy atom. The van der Waals surface area contributed by atoms with Gasteiger partial charge >= 0.3 is 17.9 Å². The van der Waals surface area contributed by atoms with Crippen LogP contribution in [0.2, 0.25) is 0 Å². The summed E-state index contributed by atoms with van der Waals surface area (Å²) in [5, 5.41) is 9.13. The summed E-state index contributed by atoms with van der Waals surface area (Å²) in [5.41, 5.74) is -0.274. The highest BCUT2D eigenvalue weighted by atomic mass is 16.6. The average molecular weight is 567 g/mol. The molecule has 7 nitrogen and oxygen atoms in total. The highest BCUT2D eigenvalue weighted by Gasteiger charge is 2.65. The first kappa shape index (κ1) is 34.7. The predicted octanol–water partition coefficient (Wildman–Crippen LogP) is 6.30. The molecule has 5 aliphatic carbocycles. The number of rotatable bonds is 8. The molecule has 0 aromatic heterocycles. The summed E-state index contributed by atoms with van der Waals surface area (Å²) in [6.45, 7) is 6.09. The molecule has 6 rings (SSSR count). The van der Waals surface area contributed by atoms with Gasteiger partial charge in [0.25, 0.3) is 0 Å². The second kappa shape index (κ2) is 12.8. The SMILES string of the molecule is C.C.C.C.CCC1(OC(=O)C2CC3CC2C(C)C3C2C(=O)OC(=O)C2C(C)OCCO)CC2CC1C1CCCC21. The summed E-state index contributed by atoms with van der Waals surface area (Å²) in [4.78, 5) is 39.1. The summed E-state index contributed by atoms with van der Waals surface area (Å²) >= 11 is 0. The standard InChI is InChI=1S/C29H42O7.4CH4/c1-4-29(13-17-12-22(29)19-7-5-6-18(17)19)36-26(31)21-11-16-10-20(21)14(2)23(16)25-24(15(3)34-9-8-30)27(32)35-28(25)33;;;;/h14-25,30H,4-13H2,1-3H3;4*1H4. The first-order valence-corrected chi connectivity index (χ1v) is 14.5. The number of cyclic esters (lactones) is 2. The smallest absolute Gasteiger partial charge is 0.320 e. The lowest BCUT2D eigenvalue weighted by Gasteiger charge is -2.43. The summed E-state index contributed by atoms with van der Waals surface area (Å²) < 4.78 is 17.3. The van der Waals surface area contributed by atoms with Crippen molar-refractivity contribution in [2.45, 2.75) is 114 Å². The van der Waals surface area contributed by atoms with Gasteiger partial charge in [-0.15, -0.1) is 0 Å². The second-order valence-electron chi connectivity index (χ2n) is 12.9. The van der Waals surface area contributed by atoms with Crippen LogP contribution in [0.4, 0.5) is 0 Å². The molecule has 0 aromatic rings. The third kappa shape index (κ3) is 5.05. The number of carbonyl (C=O) groups is 3. The maximum absolute atomic E-state index is 13.7. The molecule has 13 atom stereocenters. The monoisotopic (exact) mass is 566 g/mol. The first-order chi connectivity index (χ1) is 17.3. The second-order valence-corrected chi connectivity index (χ2v) is 12.9. The van der Waals surface area contributed by atoms with Crippen LogP contribution in [-0.4, -0.2) is 47.9 Å². The molecule has 232 valence electrons. The van der Waals surface area contributed by atoms with Crippen LogP contribution < -0.4 is 0 Å². The number of hydrogen-bond acceptors (Lipinski definition) is 7. The first-order valence-electron chi connectivity index (χ1n) is 14.5. The van der Waals surface area contributed by atoms with Gasteiger partial charge in [-0.1, -0.05) is 50.0 Å². The molecule has 1 heterocycles. The fraction of sp³-hybridized carbons (Fsp3) is 0.909. The van der Waals surface area contributed by atoms with E-state index in [4.69, 9.17) is 19.3 Å². The minimum Gasteiger partial charge on any atom is -0.459 e. The summed E-state index contributed by atoms with van der Waals surface area (Å²) in [6, 6.07) is 0. The van der Waals surface area contributed by atoms with Crippen LogP contribution in [0.3, 0.4) is 0 Å². The quantitative estimate of drug-likeness (QED) is 0.272. The Morgan fingerprint density at radius 2 is 1.73 bits per heavy atom. The number of fused-ring (bicyclic) bond motifs is 7. The van der Waals surface area contributed by atoms with Gasteiger partial charge in [0.2, 0.25) is 0 Å². The molecule has 40 heavy (non-hydrogen) atoms. The van der Waals surface area contributed by atoms with E-state index in [0.717, 1.165) is 43.4 Å². The Kier molecular flexibility index (Phi) is 11.1. The van der Waals surface area contributed by atoms with Gasteiger partial charge in [0.05, 0.1) is 37.1 Å². The number of aliphatic hydroxyl groups excluding tert-OH is 1. The Labute approximate surface area is 243 Å². The van der Waals surface area contributed by atoms with E-state index in [-0.39, 0.29) is 84.1 Å². The molecule has 0 aromatic carbocycles. The highest BCUT2D eigenvalue weighted by Crippen LogP contribution is 2.65. The van der Waals surface area contributed by atoms with E-state index in [0.29, 0.717) is 5.92 Å².